The maximum atomic E-state index is 11.9. The van der Waals surface area contributed by atoms with E-state index >= 15 is 0 Å². The molecule has 1 N–H and O–H groups in total. The highest BCUT2D eigenvalue weighted by Gasteiger charge is 2.34. The van der Waals surface area contributed by atoms with Crippen LogP contribution in [0.5, 0.6) is 0 Å². The van der Waals surface area contributed by atoms with Crippen LogP contribution in [0.15, 0.2) is 18.3 Å². The van der Waals surface area contributed by atoms with Crippen LogP contribution in [0.1, 0.15) is 32.4 Å². The first kappa shape index (κ1) is 13.3. The van der Waals surface area contributed by atoms with Crippen molar-refractivity contribution in [3.05, 3.63) is 24.0 Å². The Morgan fingerprint density at radius 2 is 1.94 bits per heavy atom. The molecule has 0 aliphatic rings. The molecule has 17 heavy (non-hydrogen) atoms. The number of nitrogens with one attached hydrogen (secondary N) is 1. The van der Waals surface area contributed by atoms with Gasteiger partial charge in [-0.2, -0.15) is 0 Å². The van der Waals surface area contributed by atoms with E-state index in [2.05, 4.69) is 9.72 Å². The van der Waals surface area contributed by atoms with Gasteiger partial charge in [-0.1, -0.05) is 0 Å². The van der Waals surface area contributed by atoms with E-state index in [1.54, 1.807) is 39.1 Å². The summed E-state index contributed by atoms with van der Waals surface area (Å²) in [5.41, 5.74) is -0.179. The highest BCUT2D eigenvalue weighted by atomic mass is 16.6. The van der Waals surface area contributed by atoms with Crippen molar-refractivity contribution < 1.29 is 19.1 Å². The van der Waals surface area contributed by atoms with Crippen molar-refractivity contribution in [2.75, 3.05) is 7.11 Å². The smallest absolute Gasteiger partial charge is 0.326 e. The summed E-state index contributed by atoms with van der Waals surface area (Å²) in [7, 11) is 1.24. The molecule has 5 heteroatoms. The second-order valence-electron chi connectivity index (χ2n) is 4.62. The molecule has 1 atom stereocenters. The van der Waals surface area contributed by atoms with Gasteiger partial charge in [0, 0.05) is 11.9 Å². The molecule has 0 bridgehead atoms. The summed E-state index contributed by atoms with van der Waals surface area (Å²) in [6.45, 7) is 5.23. The van der Waals surface area contributed by atoms with Crippen LogP contribution in [-0.2, 0) is 19.1 Å². The normalized spacial score (nSPS) is 12.9. The molecule has 0 amide bonds. The Bertz CT molecular complexity index is 389. The first-order valence-electron chi connectivity index (χ1n) is 5.29. The lowest BCUT2D eigenvalue weighted by molar-refractivity contribution is -0.163. The number of aromatic amines is 1. The molecule has 1 aromatic heterocycles. The third kappa shape index (κ3) is 3.62. The largest absolute Gasteiger partial charge is 0.468 e. The van der Waals surface area contributed by atoms with Gasteiger partial charge >= 0.3 is 11.9 Å². The second-order valence-corrected chi connectivity index (χ2v) is 4.62. The fraction of sp³-hybridized carbons (Fsp3) is 0.500. The minimum absolute atomic E-state index is 0.464. The molecule has 1 unspecified atom stereocenters. The number of carbonyl (C=O) groups excluding carboxylic acids is 2. The first-order chi connectivity index (χ1) is 7.85. The van der Waals surface area contributed by atoms with Gasteiger partial charge in [0.1, 0.15) is 5.60 Å². The summed E-state index contributed by atoms with van der Waals surface area (Å²) in [6.07, 6.45) is 1.63. The predicted molar refractivity (Wildman–Crippen MR) is 61.4 cm³/mol. The van der Waals surface area contributed by atoms with Gasteiger partial charge in [-0.15, -0.1) is 0 Å². The van der Waals surface area contributed by atoms with E-state index in [4.69, 9.17) is 4.74 Å². The van der Waals surface area contributed by atoms with Crippen LogP contribution < -0.4 is 0 Å². The molecule has 0 radical (unpaired) electrons. The molecule has 0 saturated carbocycles. The van der Waals surface area contributed by atoms with Gasteiger partial charge in [-0.05, 0) is 32.9 Å². The molecule has 5 nitrogen and oxygen atoms in total. The number of esters is 2. The van der Waals surface area contributed by atoms with Crippen molar-refractivity contribution in [2.24, 2.45) is 0 Å². The lowest BCUT2D eigenvalue weighted by atomic mass is 10.1. The Labute approximate surface area is 100 Å². The lowest BCUT2D eigenvalue weighted by Crippen LogP contribution is -2.32. The number of carbonyl (C=O) groups is 2. The van der Waals surface area contributed by atoms with E-state index in [1.807, 2.05) is 0 Å². The summed E-state index contributed by atoms with van der Waals surface area (Å²) < 4.78 is 9.80. The standard InChI is InChI=1S/C12H17NO4/c1-12(2,3)17-11(15)9(10(14)16-4)8-6-5-7-13-8/h5-7,9,13H,1-4H3. The zero-order chi connectivity index (χ0) is 13.1. The zero-order valence-corrected chi connectivity index (χ0v) is 10.4. The maximum absolute atomic E-state index is 11.9. The van der Waals surface area contributed by atoms with E-state index in [1.165, 1.54) is 7.11 Å². The summed E-state index contributed by atoms with van der Waals surface area (Å²) in [5, 5.41) is 0. The van der Waals surface area contributed by atoms with Gasteiger partial charge in [0.25, 0.3) is 0 Å². The van der Waals surface area contributed by atoms with Crippen LogP contribution in [0.25, 0.3) is 0 Å². The Kier molecular flexibility index (Phi) is 3.93. The van der Waals surface area contributed by atoms with Crippen molar-refractivity contribution in [2.45, 2.75) is 32.3 Å². The van der Waals surface area contributed by atoms with E-state index in [0.717, 1.165) is 0 Å². The van der Waals surface area contributed by atoms with Crippen LogP contribution in [0.4, 0.5) is 0 Å². The molecule has 94 valence electrons. The topological polar surface area (TPSA) is 68.4 Å². The van der Waals surface area contributed by atoms with E-state index < -0.39 is 23.5 Å². The Morgan fingerprint density at radius 1 is 1.29 bits per heavy atom. The van der Waals surface area contributed by atoms with Crippen LogP contribution in [0.2, 0.25) is 0 Å². The number of rotatable bonds is 3. The van der Waals surface area contributed by atoms with Gasteiger partial charge in [0.15, 0.2) is 5.92 Å². The number of hydrogen-bond acceptors (Lipinski definition) is 4. The molecule has 0 saturated heterocycles. The molecule has 0 fully saturated rings. The SMILES string of the molecule is COC(=O)C(C(=O)OC(C)(C)C)c1ccc[nH]1. The third-order valence-corrected chi connectivity index (χ3v) is 2.01. The number of hydrogen-bond donors (Lipinski definition) is 1. The van der Waals surface area contributed by atoms with Gasteiger partial charge in [0.05, 0.1) is 7.11 Å². The van der Waals surface area contributed by atoms with Crippen LogP contribution in [0.3, 0.4) is 0 Å². The quantitative estimate of drug-likeness (QED) is 0.642. The Hall–Kier alpha value is -1.78. The Morgan fingerprint density at radius 3 is 2.35 bits per heavy atom. The van der Waals surface area contributed by atoms with Gasteiger partial charge in [-0.3, -0.25) is 9.59 Å². The summed E-state index contributed by atoms with van der Waals surface area (Å²) in [4.78, 5) is 26.3. The first-order valence-corrected chi connectivity index (χ1v) is 5.29. The number of ether oxygens (including phenoxy) is 2. The van der Waals surface area contributed by atoms with E-state index in [-0.39, 0.29) is 0 Å². The molecule has 0 aliphatic carbocycles. The molecule has 0 aliphatic heterocycles. The van der Waals surface area contributed by atoms with Crippen LogP contribution in [0, 0.1) is 0 Å². The predicted octanol–water partition coefficient (Wildman–Crippen LogP) is 1.61. The maximum Gasteiger partial charge on any atom is 0.326 e. The molecular formula is C12H17NO4. The summed E-state index contributed by atoms with van der Waals surface area (Å²) >= 11 is 0. The molecule has 0 aromatic carbocycles. The summed E-state index contributed by atoms with van der Waals surface area (Å²) in [5.74, 6) is -2.32. The second kappa shape index (κ2) is 5.03. The van der Waals surface area contributed by atoms with E-state index in [0.29, 0.717) is 5.69 Å². The van der Waals surface area contributed by atoms with Crippen molar-refractivity contribution in [3.63, 3.8) is 0 Å². The molecule has 1 aromatic rings. The van der Waals surface area contributed by atoms with Crippen molar-refractivity contribution in [1.29, 1.82) is 0 Å². The lowest BCUT2D eigenvalue weighted by Gasteiger charge is -2.22. The summed E-state index contributed by atoms with van der Waals surface area (Å²) in [6, 6.07) is 3.35. The number of methoxy groups -OCH3 is 1. The van der Waals surface area contributed by atoms with E-state index in [9.17, 15) is 9.59 Å². The van der Waals surface area contributed by atoms with Crippen molar-refractivity contribution >= 4 is 11.9 Å². The highest BCUT2D eigenvalue weighted by molar-refractivity contribution is 6.00. The number of aromatic nitrogens is 1. The van der Waals surface area contributed by atoms with Crippen LogP contribution in [-0.4, -0.2) is 29.6 Å². The third-order valence-electron chi connectivity index (χ3n) is 2.01. The fourth-order valence-corrected chi connectivity index (χ4v) is 1.35. The Balaban J connectivity index is 2.92. The average molecular weight is 239 g/mol. The van der Waals surface area contributed by atoms with Gasteiger partial charge < -0.3 is 14.5 Å². The minimum atomic E-state index is -1.06. The molecule has 1 rings (SSSR count). The van der Waals surface area contributed by atoms with Crippen LogP contribution >= 0.6 is 0 Å². The molecule has 0 spiro atoms. The van der Waals surface area contributed by atoms with Gasteiger partial charge in [-0.25, -0.2) is 0 Å². The molecule has 1 heterocycles. The highest BCUT2D eigenvalue weighted by Crippen LogP contribution is 2.20. The fourth-order valence-electron chi connectivity index (χ4n) is 1.35. The zero-order valence-electron chi connectivity index (χ0n) is 10.4. The van der Waals surface area contributed by atoms with Crippen molar-refractivity contribution in [3.8, 4) is 0 Å². The minimum Gasteiger partial charge on any atom is -0.468 e. The monoisotopic (exact) mass is 239 g/mol. The number of H-pyrrole nitrogens is 1. The van der Waals surface area contributed by atoms with Gasteiger partial charge in [0.2, 0.25) is 0 Å². The molecular weight excluding hydrogens is 222 g/mol. The average Bonchev–Trinajstić information content (AvgIpc) is 2.68. The van der Waals surface area contributed by atoms with Crippen molar-refractivity contribution in [1.82, 2.24) is 4.98 Å².